The Kier molecular flexibility index (Phi) is 5.65. The third-order valence-corrected chi connectivity index (χ3v) is 4.70. The fraction of sp³-hybridized carbons (Fsp3) is 0. The molecule has 1 heterocycles. The van der Waals surface area contributed by atoms with E-state index in [9.17, 15) is 9.18 Å². The van der Waals surface area contributed by atoms with Crippen molar-refractivity contribution in [1.82, 2.24) is 10.1 Å². The van der Waals surface area contributed by atoms with Crippen molar-refractivity contribution in [2.24, 2.45) is 11.6 Å². The molecule has 4 aromatic rings. The molecule has 32 heavy (non-hydrogen) atoms. The zero-order chi connectivity index (χ0) is 22.7. The Morgan fingerprint density at radius 2 is 1.59 bits per heavy atom. The van der Waals surface area contributed by atoms with Gasteiger partial charge in [-0.2, -0.15) is 4.98 Å². The van der Waals surface area contributed by atoms with Gasteiger partial charge in [0.2, 0.25) is 5.82 Å². The van der Waals surface area contributed by atoms with Crippen molar-refractivity contribution in [3.05, 3.63) is 102 Å². The first-order chi connectivity index (χ1) is 15.5. The van der Waals surface area contributed by atoms with Crippen molar-refractivity contribution >= 4 is 23.1 Å². The molecule has 4 rings (SSSR count). The number of carbonyl (C=O) groups is 1. The monoisotopic (exact) mass is 431 g/mol. The molecule has 0 aliphatic carbocycles. The SMILES string of the molecule is N/C(=C(/c1ccccc1)N(N)c1ccccc1F)c1nc(-c2ccc(C(=O)O)cc2)no1. The second-order valence-electron chi connectivity index (χ2n) is 6.76. The number of aromatic nitrogens is 2. The summed E-state index contributed by atoms with van der Waals surface area (Å²) in [6, 6.07) is 21.0. The molecule has 9 heteroatoms. The molecule has 0 atom stereocenters. The van der Waals surface area contributed by atoms with Crippen LogP contribution in [0.1, 0.15) is 21.8 Å². The summed E-state index contributed by atoms with van der Waals surface area (Å²) in [5.41, 5.74) is 8.08. The number of hydrazine groups is 1. The molecule has 0 saturated carbocycles. The fourth-order valence-corrected chi connectivity index (χ4v) is 3.10. The van der Waals surface area contributed by atoms with E-state index in [-0.39, 0.29) is 34.4 Å². The number of carboxylic acids is 1. The lowest BCUT2D eigenvalue weighted by Gasteiger charge is -2.24. The van der Waals surface area contributed by atoms with E-state index in [0.717, 1.165) is 5.01 Å². The van der Waals surface area contributed by atoms with Crippen LogP contribution in [0.25, 0.3) is 22.8 Å². The van der Waals surface area contributed by atoms with E-state index in [4.69, 9.17) is 21.2 Å². The van der Waals surface area contributed by atoms with Gasteiger partial charge in [-0.05, 0) is 24.3 Å². The van der Waals surface area contributed by atoms with Gasteiger partial charge in [-0.3, -0.25) is 5.01 Å². The van der Waals surface area contributed by atoms with Gasteiger partial charge in [0.1, 0.15) is 11.5 Å². The first-order valence-electron chi connectivity index (χ1n) is 9.48. The van der Waals surface area contributed by atoms with E-state index in [1.165, 1.54) is 24.3 Å². The molecule has 0 saturated heterocycles. The molecule has 0 aliphatic heterocycles. The number of carboxylic acid groups (broad SMARTS) is 1. The van der Waals surface area contributed by atoms with Gasteiger partial charge < -0.3 is 15.4 Å². The van der Waals surface area contributed by atoms with E-state index in [0.29, 0.717) is 11.1 Å². The molecular weight excluding hydrogens is 413 g/mol. The van der Waals surface area contributed by atoms with E-state index < -0.39 is 11.8 Å². The third kappa shape index (κ3) is 4.05. The molecule has 0 spiro atoms. The maximum atomic E-state index is 14.4. The number of nitrogens with two attached hydrogens (primary N) is 2. The van der Waals surface area contributed by atoms with E-state index in [1.54, 1.807) is 48.5 Å². The first kappa shape index (κ1) is 20.8. The van der Waals surface area contributed by atoms with Crippen LogP contribution in [-0.4, -0.2) is 21.2 Å². The highest BCUT2D eigenvalue weighted by molar-refractivity contribution is 5.94. The van der Waals surface area contributed by atoms with Gasteiger partial charge in [-0.15, -0.1) is 0 Å². The molecule has 160 valence electrons. The molecule has 0 unspecified atom stereocenters. The average Bonchev–Trinajstić information content (AvgIpc) is 3.30. The molecule has 0 fully saturated rings. The number of aromatic carboxylic acids is 1. The molecule has 0 bridgehead atoms. The van der Waals surface area contributed by atoms with Crippen LogP contribution in [-0.2, 0) is 0 Å². The summed E-state index contributed by atoms with van der Waals surface area (Å²) in [6.45, 7) is 0. The highest BCUT2D eigenvalue weighted by Crippen LogP contribution is 2.30. The quantitative estimate of drug-likeness (QED) is 0.311. The second-order valence-corrected chi connectivity index (χ2v) is 6.76. The van der Waals surface area contributed by atoms with Crippen LogP contribution in [0.5, 0.6) is 0 Å². The normalized spacial score (nSPS) is 11.7. The number of nitrogens with zero attached hydrogens (tertiary/aromatic N) is 3. The zero-order valence-corrected chi connectivity index (χ0v) is 16.6. The van der Waals surface area contributed by atoms with Crippen LogP contribution in [0.15, 0.2) is 83.4 Å². The van der Waals surface area contributed by atoms with Gasteiger partial charge in [0.25, 0.3) is 5.89 Å². The minimum absolute atomic E-state index is 0.0204. The molecule has 1 aromatic heterocycles. The van der Waals surface area contributed by atoms with Crippen molar-refractivity contribution in [2.75, 3.05) is 5.01 Å². The predicted octanol–water partition coefficient (Wildman–Crippen LogP) is 3.74. The number of anilines is 1. The predicted molar refractivity (Wildman–Crippen MR) is 117 cm³/mol. The number of halogens is 1. The van der Waals surface area contributed by atoms with Crippen LogP contribution in [0, 0.1) is 5.82 Å². The van der Waals surface area contributed by atoms with Crippen molar-refractivity contribution in [1.29, 1.82) is 0 Å². The minimum Gasteiger partial charge on any atom is -0.478 e. The third-order valence-electron chi connectivity index (χ3n) is 4.70. The van der Waals surface area contributed by atoms with Crippen molar-refractivity contribution in [3.63, 3.8) is 0 Å². The fourth-order valence-electron chi connectivity index (χ4n) is 3.10. The molecule has 0 radical (unpaired) electrons. The largest absolute Gasteiger partial charge is 0.478 e. The van der Waals surface area contributed by atoms with Gasteiger partial charge in [-0.1, -0.05) is 59.8 Å². The van der Waals surface area contributed by atoms with Crippen LogP contribution >= 0.6 is 0 Å². The van der Waals surface area contributed by atoms with Crippen LogP contribution < -0.4 is 16.6 Å². The van der Waals surface area contributed by atoms with Gasteiger partial charge >= 0.3 is 5.97 Å². The van der Waals surface area contributed by atoms with Crippen LogP contribution in [0.4, 0.5) is 10.1 Å². The Morgan fingerprint density at radius 3 is 2.25 bits per heavy atom. The van der Waals surface area contributed by atoms with Crippen molar-refractivity contribution < 1.29 is 18.8 Å². The molecule has 3 aromatic carbocycles. The lowest BCUT2D eigenvalue weighted by Crippen LogP contribution is -2.32. The van der Waals surface area contributed by atoms with Crippen molar-refractivity contribution in [2.45, 2.75) is 0 Å². The highest BCUT2D eigenvalue weighted by Gasteiger charge is 2.22. The topological polar surface area (TPSA) is 132 Å². The van der Waals surface area contributed by atoms with Crippen molar-refractivity contribution in [3.8, 4) is 11.4 Å². The van der Waals surface area contributed by atoms with Crippen LogP contribution in [0.3, 0.4) is 0 Å². The molecular formula is C23H18FN5O3. The Bertz CT molecular complexity index is 1290. The van der Waals surface area contributed by atoms with E-state index >= 15 is 0 Å². The number of hydrogen-bond acceptors (Lipinski definition) is 7. The number of hydrogen-bond donors (Lipinski definition) is 3. The first-order valence-corrected chi connectivity index (χ1v) is 9.48. The van der Waals surface area contributed by atoms with Gasteiger partial charge in [0.05, 0.1) is 16.9 Å². The lowest BCUT2D eigenvalue weighted by atomic mass is 10.1. The molecule has 5 N–H and O–H groups in total. The number of benzene rings is 3. The molecule has 8 nitrogen and oxygen atoms in total. The van der Waals surface area contributed by atoms with Crippen LogP contribution in [0.2, 0.25) is 0 Å². The summed E-state index contributed by atoms with van der Waals surface area (Å²) in [7, 11) is 0. The van der Waals surface area contributed by atoms with E-state index in [1.807, 2.05) is 6.07 Å². The second kappa shape index (κ2) is 8.70. The maximum absolute atomic E-state index is 14.4. The Labute approximate surface area is 182 Å². The Balaban J connectivity index is 1.78. The van der Waals surface area contributed by atoms with Gasteiger partial charge in [-0.25, -0.2) is 15.0 Å². The lowest BCUT2D eigenvalue weighted by molar-refractivity contribution is 0.0697. The van der Waals surface area contributed by atoms with E-state index in [2.05, 4.69) is 10.1 Å². The average molecular weight is 431 g/mol. The molecule has 0 aliphatic rings. The standard InChI is InChI=1S/C23H18FN5O3/c24-17-8-4-5-9-18(17)29(26)20(14-6-2-1-3-7-14)19(25)22-27-21(28-32-22)15-10-12-16(13-11-15)23(30)31/h1-13H,25-26H2,(H,30,31)/b20-19-. The number of rotatable bonds is 6. The highest BCUT2D eigenvalue weighted by atomic mass is 19.1. The number of para-hydroxylation sites is 1. The minimum atomic E-state index is -1.04. The summed E-state index contributed by atoms with van der Waals surface area (Å²) < 4.78 is 19.8. The summed E-state index contributed by atoms with van der Waals surface area (Å²) >= 11 is 0. The van der Waals surface area contributed by atoms with Gasteiger partial charge in [0.15, 0.2) is 0 Å². The molecule has 0 amide bonds. The Hall–Kier alpha value is -4.50. The van der Waals surface area contributed by atoms with Gasteiger partial charge in [0, 0.05) is 11.1 Å². The zero-order valence-electron chi connectivity index (χ0n) is 16.6. The maximum Gasteiger partial charge on any atom is 0.335 e. The summed E-state index contributed by atoms with van der Waals surface area (Å²) in [5, 5.41) is 14.1. The summed E-state index contributed by atoms with van der Waals surface area (Å²) in [6.07, 6.45) is 0. The summed E-state index contributed by atoms with van der Waals surface area (Å²) in [4.78, 5) is 15.4. The summed E-state index contributed by atoms with van der Waals surface area (Å²) in [5.74, 6) is 4.91. The smallest absolute Gasteiger partial charge is 0.335 e. The Morgan fingerprint density at radius 1 is 0.938 bits per heavy atom.